The summed E-state index contributed by atoms with van der Waals surface area (Å²) >= 11 is 0. The first-order chi connectivity index (χ1) is 8.15. The summed E-state index contributed by atoms with van der Waals surface area (Å²) in [6.07, 6.45) is 3.77. The number of furan rings is 1. The third-order valence-electron chi connectivity index (χ3n) is 3.71. The molecule has 1 amide bonds. The van der Waals surface area contributed by atoms with Crippen LogP contribution in [0.2, 0.25) is 0 Å². The van der Waals surface area contributed by atoms with Crippen LogP contribution in [0.3, 0.4) is 0 Å². The SMILES string of the molecule is Cc1occc1C(=O)N1CCC[C@H](C)[C@H]1CN. The van der Waals surface area contributed by atoms with Gasteiger partial charge in [0.05, 0.1) is 11.8 Å². The van der Waals surface area contributed by atoms with E-state index in [1.54, 1.807) is 12.3 Å². The predicted molar refractivity (Wildman–Crippen MR) is 65.7 cm³/mol. The van der Waals surface area contributed by atoms with Crippen molar-refractivity contribution in [3.05, 3.63) is 23.7 Å². The van der Waals surface area contributed by atoms with Gasteiger partial charge < -0.3 is 15.1 Å². The van der Waals surface area contributed by atoms with E-state index in [1.165, 1.54) is 0 Å². The lowest BCUT2D eigenvalue weighted by molar-refractivity contribution is 0.0531. The molecule has 0 aromatic carbocycles. The Hall–Kier alpha value is -1.29. The summed E-state index contributed by atoms with van der Waals surface area (Å²) in [4.78, 5) is 14.3. The van der Waals surface area contributed by atoms with Gasteiger partial charge in [-0.25, -0.2) is 0 Å². The molecular formula is C13H20N2O2. The Kier molecular flexibility index (Phi) is 3.52. The van der Waals surface area contributed by atoms with E-state index >= 15 is 0 Å². The molecule has 0 bridgehead atoms. The Morgan fingerprint density at radius 1 is 1.65 bits per heavy atom. The lowest BCUT2D eigenvalue weighted by atomic mass is 9.90. The molecule has 1 aromatic rings. The number of carbonyl (C=O) groups is 1. The number of aryl methyl sites for hydroxylation is 1. The van der Waals surface area contributed by atoms with Gasteiger partial charge in [0.2, 0.25) is 0 Å². The van der Waals surface area contributed by atoms with Gasteiger partial charge in [-0.15, -0.1) is 0 Å². The molecule has 4 nitrogen and oxygen atoms in total. The van der Waals surface area contributed by atoms with Crippen molar-refractivity contribution in [3.63, 3.8) is 0 Å². The zero-order chi connectivity index (χ0) is 12.4. The van der Waals surface area contributed by atoms with Crippen LogP contribution in [0.4, 0.5) is 0 Å². The van der Waals surface area contributed by atoms with E-state index in [0.717, 1.165) is 19.4 Å². The maximum absolute atomic E-state index is 12.4. The minimum absolute atomic E-state index is 0.0539. The highest BCUT2D eigenvalue weighted by Gasteiger charge is 2.32. The number of amides is 1. The highest BCUT2D eigenvalue weighted by molar-refractivity contribution is 5.95. The normalized spacial score (nSPS) is 25.0. The molecule has 0 radical (unpaired) electrons. The molecule has 0 unspecified atom stereocenters. The number of nitrogens with zero attached hydrogens (tertiary/aromatic N) is 1. The van der Waals surface area contributed by atoms with Crippen LogP contribution >= 0.6 is 0 Å². The molecule has 2 atom stereocenters. The number of likely N-dealkylation sites (tertiary alicyclic amines) is 1. The average Bonchev–Trinajstić information content (AvgIpc) is 2.74. The van der Waals surface area contributed by atoms with Crippen molar-refractivity contribution in [3.8, 4) is 0 Å². The summed E-state index contributed by atoms with van der Waals surface area (Å²) in [7, 11) is 0. The molecule has 0 saturated carbocycles. The summed E-state index contributed by atoms with van der Waals surface area (Å²) in [5, 5.41) is 0. The second-order valence-corrected chi connectivity index (χ2v) is 4.81. The largest absolute Gasteiger partial charge is 0.469 e. The van der Waals surface area contributed by atoms with E-state index in [0.29, 0.717) is 23.8 Å². The second kappa shape index (κ2) is 4.92. The molecule has 0 aliphatic carbocycles. The Labute approximate surface area is 102 Å². The van der Waals surface area contributed by atoms with Gasteiger partial charge in [0.25, 0.3) is 5.91 Å². The first kappa shape index (κ1) is 12.2. The lowest BCUT2D eigenvalue weighted by Gasteiger charge is -2.39. The fourth-order valence-corrected chi connectivity index (χ4v) is 2.62. The van der Waals surface area contributed by atoms with Crippen LogP contribution in [-0.4, -0.2) is 29.9 Å². The monoisotopic (exact) mass is 236 g/mol. The minimum atomic E-state index is 0.0539. The van der Waals surface area contributed by atoms with E-state index < -0.39 is 0 Å². The van der Waals surface area contributed by atoms with Gasteiger partial charge in [-0.05, 0) is 31.7 Å². The molecule has 2 N–H and O–H groups in total. The van der Waals surface area contributed by atoms with Gasteiger partial charge in [0.1, 0.15) is 5.76 Å². The molecule has 4 heteroatoms. The predicted octanol–water partition coefficient (Wildman–Crippen LogP) is 1.79. The minimum Gasteiger partial charge on any atom is -0.469 e. The third-order valence-corrected chi connectivity index (χ3v) is 3.71. The topological polar surface area (TPSA) is 59.5 Å². The summed E-state index contributed by atoms with van der Waals surface area (Å²) in [5.74, 6) is 1.21. The van der Waals surface area contributed by atoms with E-state index in [4.69, 9.17) is 10.2 Å². The number of carbonyl (C=O) groups excluding carboxylic acids is 1. The molecule has 17 heavy (non-hydrogen) atoms. The molecule has 2 heterocycles. The van der Waals surface area contributed by atoms with Crippen molar-refractivity contribution >= 4 is 5.91 Å². The first-order valence-electron chi connectivity index (χ1n) is 6.20. The van der Waals surface area contributed by atoms with Gasteiger partial charge in [0.15, 0.2) is 0 Å². The van der Waals surface area contributed by atoms with Gasteiger partial charge in [-0.1, -0.05) is 6.92 Å². The zero-order valence-corrected chi connectivity index (χ0v) is 10.5. The maximum Gasteiger partial charge on any atom is 0.257 e. The van der Waals surface area contributed by atoms with Crippen molar-refractivity contribution in [2.45, 2.75) is 32.7 Å². The molecule has 94 valence electrons. The van der Waals surface area contributed by atoms with E-state index in [9.17, 15) is 4.79 Å². The molecule has 1 aromatic heterocycles. The Morgan fingerprint density at radius 3 is 3.00 bits per heavy atom. The molecule has 0 spiro atoms. The maximum atomic E-state index is 12.4. The number of nitrogens with two attached hydrogens (primary N) is 1. The van der Waals surface area contributed by atoms with E-state index in [1.807, 2.05) is 11.8 Å². The summed E-state index contributed by atoms with van der Waals surface area (Å²) in [5.41, 5.74) is 6.46. The average molecular weight is 236 g/mol. The fourth-order valence-electron chi connectivity index (χ4n) is 2.62. The van der Waals surface area contributed by atoms with Crippen LogP contribution < -0.4 is 5.73 Å². The van der Waals surface area contributed by atoms with Crippen molar-refractivity contribution in [2.24, 2.45) is 11.7 Å². The number of rotatable bonds is 2. The van der Waals surface area contributed by atoms with E-state index in [2.05, 4.69) is 6.92 Å². The van der Waals surface area contributed by atoms with Gasteiger partial charge in [-0.3, -0.25) is 4.79 Å². The molecule has 1 fully saturated rings. The van der Waals surface area contributed by atoms with E-state index in [-0.39, 0.29) is 11.9 Å². The Bertz CT molecular complexity index is 400. The summed E-state index contributed by atoms with van der Waals surface area (Å²) in [6, 6.07) is 1.90. The number of hydrogen-bond acceptors (Lipinski definition) is 3. The second-order valence-electron chi connectivity index (χ2n) is 4.81. The van der Waals surface area contributed by atoms with Crippen molar-refractivity contribution in [2.75, 3.05) is 13.1 Å². The molecular weight excluding hydrogens is 216 g/mol. The van der Waals surface area contributed by atoms with Crippen LogP contribution in [0.5, 0.6) is 0 Å². The highest BCUT2D eigenvalue weighted by Crippen LogP contribution is 2.25. The molecule has 2 rings (SSSR count). The van der Waals surface area contributed by atoms with Gasteiger partial charge in [-0.2, -0.15) is 0 Å². The number of piperidine rings is 1. The van der Waals surface area contributed by atoms with Gasteiger partial charge in [0, 0.05) is 19.1 Å². The van der Waals surface area contributed by atoms with Crippen LogP contribution in [0.1, 0.15) is 35.9 Å². The standard InChI is InChI=1S/C13H20N2O2/c1-9-4-3-6-15(12(9)8-14)13(16)11-5-7-17-10(11)2/h5,7,9,12H,3-4,6,8,14H2,1-2H3/t9-,12+/m0/s1. The Morgan fingerprint density at radius 2 is 2.41 bits per heavy atom. The summed E-state index contributed by atoms with van der Waals surface area (Å²) in [6.45, 7) is 5.32. The molecule has 1 saturated heterocycles. The quantitative estimate of drug-likeness (QED) is 0.851. The number of hydrogen-bond donors (Lipinski definition) is 1. The first-order valence-corrected chi connectivity index (χ1v) is 6.20. The van der Waals surface area contributed by atoms with Crippen molar-refractivity contribution < 1.29 is 9.21 Å². The van der Waals surface area contributed by atoms with Crippen molar-refractivity contribution in [1.82, 2.24) is 4.90 Å². The fraction of sp³-hybridized carbons (Fsp3) is 0.615. The highest BCUT2D eigenvalue weighted by atomic mass is 16.3. The van der Waals surface area contributed by atoms with Crippen LogP contribution in [0.15, 0.2) is 16.7 Å². The van der Waals surface area contributed by atoms with Gasteiger partial charge >= 0.3 is 0 Å². The molecule has 1 aliphatic rings. The van der Waals surface area contributed by atoms with Crippen molar-refractivity contribution in [1.29, 1.82) is 0 Å². The molecule has 1 aliphatic heterocycles. The lowest BCUT2D eigenvalue weighted by Crippen LogP contribution is -2.51. The third kappa shape index (κ3) is 2.22. The Balaban J connectivity index is 2.21. The summed E-state index contributed by atoms with van der Waals surface area (Å²) < 4.78 is 5.19. The van der Waals surface area contributed by atoms with Crippen LogP contribution in [0, 0.1) is 12.8 Å². The van der Waals surface area contributed by atoms with Crippen LogP contribution in [-0.2, 0) is 0 Å². The smallest absolute Gasteiger partial charge is 0.257 e. The van der Waals surface area contributed by atoms with Crippen LogP contribution in [0.25, 0.3) is 0 Å². The zero-order valence-electron chi connectivity index (χ0n) is 10.5.